The summed E-state index contributed by atoms with van der Waals surface area (Å²) >= 11 is 0. The standard InChI is InChI=1S/C29H42O9/c1-9-15(3)11-12-28(8)17(5)23(32)24(33)29-21(26(35-18(6)30)38-27(29)36-19(7)31)13-20(14-22(28)29)37-25(34)16(4)10-2/h9,13,16-17,20,22-24,26-27,32-33H,1,3,10-12,14H2,2,4-8H3/t16-,17-,20-,22+,23+,24+,26+,27-,28-,29-/m0/s1. The van der Waals surface area contributed by atoms with Gasteiger partial charge in [-0.25, -0.2) is 0 Å². The zero-order valence-corrected chi connectivity index (χ0v) is 23.3. The van der Waals surface area contributed by atoms with Crippen molar-refractivity contribution in [2.75, 3.05) is 0 Å². The molecular formula is C29H42O9. The Balaban J connectivity index is 2.24. The number of aliphatic hydroxyl groups excluding tert-OH is 2. The van der Waals surface area contributed by atoms with Crippen molar-refractivity contribution >= 4 is 17.9 Å². The van der Waals surface area contributed by atoms with Crippen LogP contribution in [0.2, 0.25) is 0 Å². The fourth-order valence-corrected chi connectivity index (χ4v) is 6.48. The van der Waals surface area contributed by atoms with Crippen LogP contribution < -0.4 is 0 Å². The van der Waals surface area contributed by atoms with Gasteiger partial charge in [-0.15, -0.1) is 0 Å². The smallest absolute Gasteiger partial charge is 0.309 e. The molecule has 1 aliphatic heterocycles. The third kappa shape index (κ3) is 5.08. The molecule has 0 aromatic heterocycles. The van der Waals surface area contributed by atoms with Gasteiger partial charge in [0.1, 0.15) is 6.10 Å². The molecule has 2 aliphatic carbocycles. The lowest BCUT2D eigenvalue weighted by Gasteiger charge is -2.62. The molecular weight excluding hydrogens is 492 g/mol. The number of hydrogen-bond acceptors (Lipinski definition) is 9. The van der Waals surface area contributed by atoms with E-state index in [2.05, 4.69) is 13.2 Å². The predicted octanol–water partition coefficient (Wildman–Crippen LogP) is 3.59. The van der Waals surface area contributed by atoms with E-state index >= 15 is 0 Å². The first-order chi connectivity index (χ1) is 17.7. The van der Waals surface area contributed by atoms with Crippen molar-refractivity contribution in [1.29, 1.82) is 0 Å². The van der Waals surface area contributed by atoms with Crippen LogP contribution in [0.25, 0.3) is 0 Å². The van der Waals surface area contributed by atoms with Crippen LogP contribution in [-0.4, -0.2) is 59.0 Å². The van der Waals surface area contributed by atoms with Crippen molar-refractivity contribution < 1.29 is 43.5 Å². The van der Waals surface area contributed by atoms with E-state index in [4.69, 9.17) is 18.9 Å². The van der Waals surface area contributed by atoms with E-state index in [9.17, 15) is 24.6 Å². The number of esters is 3. The minimum Gasteiger partial charge on any atom is -0.458 e. The third-order valence-electron chi connectivity index (χ3n) is 9.06. The summed E-state index contributed by atoms with van der Waals surface area (Å²) in [5.74, 6) is -2.89. The monoisotopic (exact) mass is 534 g/mol. The highest BCUT2D eigenvalue weighted by atomic mass is 16.8. The first-order valence-electron chi connectivity index (χ1n) is 13.3. The Hall–Kier alpha value is -2.49. The van der Waals surface area contributed by atoms with Gasteiger partial charge in [-0.2, -0.15) is 0 Å². The maximum atomic E-state index is 12.8. The van der Waals surface area contributed by atoms with Gasteiger partial charge in [0.2, 0.25) is 12.6 Å². The molecule has 2 fully saturated rings. The Morgan fingerprint density at radius 3 is 2.39 bits per heavy atom. The van der Waals surface area contributed by atoms with Crippen molar-refractivity contribution in [1.82, 2.24) is 0 Å². The quantitative estimate of drug-likeness (QED) is 0.197. The zero-order valence-electron chi connectivity index (χ0n) is 23.3. The number of rotatable bonds is 9. The molecule has 0 aromatic carbocycles. The fourth-order valence-electron chi connectivity index (χ4n) is 6.48. The highest BCUT2D eigenvalue weighted by molar-refractivity contribution is 5.72. The summed E-state index contributed by atoms with van der Waals surface area (Å²) in [6.07, 6.45) is -0.661. The number of ether oxygens (including phenoxy) is 4. The van der Waals surface area contributed by atoms with Crippen LogP contribution in [0, 0.1) is 28.6 Å². The molecule has 1 heterocycles. The number of allylic oxidation sites excluding steroid dienone is 2. The molecule has 0 aromatic rings. The van der Waals surface area contributed by atoms with E-state index < -0.39 is 65.5 Å². The molecule has 3 rings (SSSR count). The highest BCUT2D eigenvalue weighted by Crippen LogP contribution is 2.67. The number of aliphatic hydroxyl groups is 2. The van der Waals surface area contributed by atoms with Crippen LogP contribution >= 0.6 is 0 Å². The third-order valence-corrected chi connectivity index (χ3v) is 9.06. The minimum atomic E-state index is -1.44. The summed E-state index contributed by atoms with van der Waals surface area (Å²) in [6, 6.07) is 0. The van der Waals surface area contributed by atoms with Gasteiger partial charge >= 0.3 is 17.9 Å². The first kappa shape index (κ1) is 30.1. The summed E-state index contributed by atoms with van der Waals surface area (Å²) in [6.45, 7) is 17.8. The lowest BCUT2D eigenvalue weighted by Crippen LogP contribution is -2.68. The lowest BCUT2D eigenvalue weighted by molar-refractivity contribution is -0.274. The van der Waals surface area contributed by atoms with Crippen LogP contribution in [0.15, 0.2) is 36.5 Å². The van der Waals surface area contributed by atoms with E-state index in [1.807, 2.05) is 20.8 Å². The Labute approximate surface area is 224 Å². The van der Waals surface area contributed by atoms with Crippen molar-refractivity contribution in [3.63, 3.8) is 0 Å². The molecule has 212 valence electrons. The van der Waals surface area contributed by atoms with Crippen molar-refractivity contribution in [3.8, 4) is 0 Å². The van der Waals surface area contributed by atoms with E-state index in [1.54, 1.807) is 19.1 Å². The zero-order chi connectivity index (χ0) is 28.6. The van der Waals surface area contributed by atoms with E-state index in [-0.39, 0.29) is 18.3 Å². The largest absolute Gasteiger partial charge is 0.458 e. The lowest BCUT2D eigenvalue weighted by atomic mass is 9.44. The Kier molecular flexibility index (Phi) is 8.95. The molecule has 9 heteroatoms. The van der Waals surface area contributed by atoms with Crippen LogP contribution in [-0.2, 0) is 33.3 Å². The molecule has 0 unspecified atom stereocenters. The topological polar surface area (TPSA) is 129 Å². The second kappa shape index (κ2) is 11.3. The molecule has 9 nitrogen and oxygen atoms in total. The molecule has 38 heavy (non-hydrogen) atoms. The normalized spacial score (nSPS) is 38.6. The predicted molar refractivity (Wildman–Crippen MR) is 138 cm³/mol. The maximum absolute atomic E-state index is 12.8. The van der Waals surface area contributed by atoms with Gasteiger partial charge < -0.3 is 24.4 Å². The van der Waals surface area contributed by atoms with E-state index in [0.29, 0.717) is 24.8 Å². The molecule has 3 aliphatic rings. The van der Waals surface area contributed by atoms with Crippen LogP contribution in [0.1, 0.15) is 67.2 Å². The molecule has 0 radical (unpaired) electrons. The number of carbonyl (C=O) groups excluding carboxylic acids is 3. The number of hydrogen-bond donors (Lipinski definition) is 2. The van der Waals surface area contributed by atoms with Crippen LogP contribution in [0.4, 0.5) is 0 Å². The van der Waals surface area contributed by atoms with Gasteiger partial charge in [-0.3, -0.25) is 19.1 Å². The first-order valence-corrected chi connectivity index (χ1v) is 13.3. The van der Waals surface area contributed by atoms with Gasteiger partial charge in [0, 0.05) is 19.4 Å². The second-order valence-electron chi connectivity index (χ2n) is 11.2. The second-order valence-corrected chi connectivity index (χ2v) is 11.2. The van der Waals surface area contributed by atoms with Gasteiger partial charge in [0.25, 0.3) is 0 Å². The average molecular weight is 535 g/mol. The van der Waals surface area contributed by atoms with Gasteiger partial charge in [-0.1, -0.05) is 52.5 Å². The fraction of sp³-hybridized carbons (Fsp3) is 0.690. The van der Waals surface area contributed by atoms with E-state index in [1.165, 1.54) is 13.8 Å². The summed E-state index contributed by atoms with van der Waals surface area (Å²) < 4.78 is 23.0. The molecule has 2 N–H and O–H groups in total. The van der Waals surface area contributed by atoms with Gasteiger partial charge in [0.15, 0.2) is 0 Å². The van der Waals surface area contributed by atoms with Gasteiger partial charge in [0.05, 0.1) is 23.5 Å². The summed E-state index contributed by atoms with van der Waals surface area (Å²) in [5, 5.41) is 23.2. The number of carbonyl (C=O) groups is 3. The Bertz CT molecular complexity index is 1000. The Morgan fingerprint density at radius 2 is 1.84 bits per heavy atom. The maximum Gasteiger partial charge on any atom is 0.309 e. The van der Waals surface area contributed by atoms with Crippen LogP contribution in [0.3, 0.4) is 0 Å². The molecule has 1 saturated carbocycles. The molecule has 10 atom stereocenters. The SMILES string of the molecule is C=CC(=C)CC[C@]1(C)[C@H]2C[C@@H](OC(=O)[C@@H](C)CC)C=C3[C@H](OC(C)=O)O[C@H](OC(C)=O)[C@@]32[C@H](O)[C@H](O)[C@@H]1C. The molecule has 1 spiro atoms. The molecule has 1 saturated heterocycles. The highest BCUT2D eigenvalue weighted by Gasteiger charge is 2.73. The van der Waals surface area contributed by atoms with Crippen molar-refractivity contribution in [2.45, 2.75) is 98.1 Å². The summed E-state index contributed by atoms with van der Waals surface area (Å²) in [7, 11) is 0. The minimum absolute atomic E-state index is 0.283. The summed E-state index contributed by atoms with van der Waals surface area (Å²) in [4.78, 5) is 37.0. The van der Waals surface area contributed by atoms with Crippen molar-refractivity contribution in [2.24, 2.45) is 28.6 Å². The van der Waals surface area contributed by atoms with Crippen LogP contribution in [0.5, 0.6) is 0 Å². The molecule has 0 amide bonds. The van der Waals surface area contributed by atoms with Crippen molar-refractivity contribution in [3.05, 3.63) is 36.5 Å². The Morgan fingerprint density at radius 1 is 1.21 bits per heavy atom. The average Bonchev–Trinajstić information content (AvgIpc) is 3.15. The van der Waals surface area contributed by atoms with Gasteiger partial charge in [-0.05, 0) is 49.0 Å². The van der Waals surface area contributed by atoms with E-state index in [0.717, 1.165) is 5.57 Å². The molecule has 0 bridgehead atoms. The summed E-state index contributed by atoms with van der Waals surface area (Å²) in [5.41, 5.74) is -0.972.